The first-order chi connectivity index (χ1) is 10.2. The normalized spacial score (nSPS) is 10.6. The van der Waals surface area contributed by atoms with E-state index in [0.29, 0.717) is 6.54 Å². The zero-order valence-electron chi connectivity index (χ0n) is 11.5. The molecule has 3 aromatic rings. The van der Waals surface area contributed by atoms with Crippen LogP contribution in [-0.2, 0) is 6.54 Å². The van der Waals surface area contributed by atoms with Gasteiger partial charge in [0.1, 0.15) is 0 Å². The molecule has 0 fully saturated rings. The number of anilines is 1. The van der Waals surface area contributed by atoms with Crippen molar-refractivity contribution in [2.45, 2.75) is 13.5 Å². The number of pyridine rings is 1. The average molecular weight is 360 g/mol. The molecular formula is C16H14BrN3S. The fraction of sp³-hybridized carbons (Fsp3) is 0.125. The van der Waals surface area contributed by atoms with Crippen molar-refractivity contribution in [3.8, 4) is 11.3 Å². The van der Waals surface area contributed by atoms with E-state index in [-0.39, 0.29) is 0 Å². The lowest BCUT2D eigenvalue weighted by molar-refractivity contribution is 1.04. The Labute approximate surface area is 136 Å². The van der Waals surface area contributed by atoms with Crippen molar-refractivity contribution < 1.29 is 0 Å². The second kappa shape index (κ2) is 6.37. The fourth-order valence-electron chi connectivity index (χ4n) is 1.99. The number of thiazole rings is 1. The van der Waals surface area contributed by atoms with E-state index in [4.69, 9.17) is 0 Å². The van der Waals surface area contributed by atoms with Gasteiger partial charge in [0.25, 0.3) is 0 Å². The summed E-state index contributed by atoms with van der Waals surface area (Å²) in [6.45, 7) is 2.72. The Hall–Kier alpha value is -1.72. The molecule has 0 aliphatic heterocycles. The van der Waals surface area contributed by atoms with Crippen LogP contribution < -0.4 is 5.32 Å². The van der Waals surface area contributed by atoms with Crippen LogP contribution in [0, 0.1) is 6.92 Å². The highest BCUT2D eigenvalue weighted by atomic mass is 79.9. The van der Waals surface area contributed by atoms with Crippen LogP contribution in [0.1, 0.15) is 10.7 Å². The molecule has 0 atom stereocenters. The Bertz CT molecular complexity index is 737. The Morgan fingerprint density at radius 1 is 1.24 bits per heavy atom. The van der Waals surface area contributed by atoms with Gasteiger partial charge in [0.05, 0.1) is 22.9 Å². The third-order valence-electron chi connectivity index (χ3n) is 3.04. The highest BCUT2D eigenvalue weighted by molar-refractivity contribution is 9.10. The highest BCUT2D eigenvalue weighted by Gasteiger charge is 2.03. The predicted molar refractivity (Wildman–Crippen MR) is 91.6 cm³/mol. The van der Waals surface area contributed by atoms with Gasteiger partial charge in [0, 0.05) is 27.3 Å². The van der Waals surface area contributed by atoms with E-state index in [0.717, 1.165) is 32.1 Å². The molecule has 0 amide bonds. The van der Waals surface area contributed by atoms with Gasteiger partial charge in [0.2, 0.25) is 0 Å². The van der Waals surface area contributed by atoms with Crippen molar-refractivity contribution in [3.63, 3.8) is 0 Å². The molecule has 0 spiro atoms. The molecule has 1 N–H and O–H groups in total. The summed E-state index contributed by atoms with van der Waals surface area (Å²) in [4.78, 5) is 8.88. The summed E-state index contributed by atoms with van der Waals surface area (Å²) in [5, 5.41) is 6.57. The van der Waals surface area contributed by atoms with Crippen LogP contribution in [0.15, 0.2) is 52.4 Å². The van der Waals surface area contributed by atoms with E-state index in [2.05, 4.69) is 54.8 Å². The van der Waals surface area contributed by atoms with E-state index < -0.39 is 0 Å². The van der Waals surface area contributed by atoms with Crippen molar-refractivity contribution in [1.82, 2.24) is 9.97 Å². The Kier molecular flexibility index (Phi) is 4.31. The molecule has 21 heavy (non-hydrogen) atoms. The van der Waals surface area contributed by atoms with E-state index in [1.807, 2.05) is 31.3 Å². The number of rotatable bonds is 4. The minimum Gasteiger partial charge on any atom is -0.379 e. The molecule has 2 aromatic heterocycles. The molecule has 0 aliphatic rings. The largest absolute Gasteiger partial charge is 0.379 e. The molecule has 0 unspecified atom stereocenters. The molecule has 3 rings (SSSR count). The number of aryl methyl sites for hydroxylation is 1. The summed E-state index contributed by atoms with van der Waals surface area (Å²) >= 11 is 5.06. The maximum atomic E-state index is 4.52. The van der Waals surface area contributed by atoms with Gasteiger partial charge >= 0.3 is 0 Å². The topological polar surface area (TPSA) is 37.8 Å². The summed E-state index contributed by atoms with van der Waals surface area (Å²) in [6, 6.07) is 12.3. The molecule has 2 heterocycles. The molecule has 0 saturated carbocycles. The molecule has 0 aliphatic carbocycles. The summed E-state index contributed by atoms with van der Waals surface area (Å²) in [6.07, 6.45) is 1.81. The number of nitrogens with one attached hydrogen (secondary N) is 1. The van der Waals surface area contributed by atoms with Gasteiger partial charge < -0.3 is 5.32 Å². The SMILES string of the molecule is Cc1nc(-c2cccc(NCc3ccc(Br)cn3)c2)cs1. The molecule has 5 heteroatoms. The van der Waals surface area contributed by atoms with Gasteiger partial charge in [-0.1, -0.05) is 12.1 Å². The third-order valence-corrected chi connectivity index (χ3v) is 4.28. The lowest BCUT2D eigenvalue weighted by Gasteiger charge is -2.07. The van der Waals surface area contributed by atoms with Gasteiger partial charge in [-0.2, -0.15) is 0 Å². The Morgan fingerprint density at radius 2 is 2.14 bits per heavy atom. The first-order valence-corrected chi connectivity index (χ1v) is 8.25. The molecule has 0 bridgehead atoms. The summed E-state index contributed by atoms with van der Waals surface area (Å²) in [5.74, 6) is 0. The van der Waals surface area contributed by atoms with Crippen LogP contribution >= 0.6 is 27.3 Å². The third kappa shape index (κ3) is 3.68. The van der Waals surface area contributed by atoms with Gasteiger partial charge in [-0.05, 0) is 47.1 Å². The van der Waals surface area contributed by atoms with Gasteiger partial charge in [0.15, 0.2) is 0 Å². The molecule has 106 valence electrons. The maximum absolute atomic E-state index is 4.52. The van der Waals surface area contributed by atoms with Crippen molar-refractivity contribution in [3.05, 3.63) is 63.1 Å². The van der Waals surface area contributed by atoms with Gasteiger partial charge in [-0.15, -0.1) is 11.3 Å². The van der Waals surface area contributed by atoms with Gasteiger partial charge in [-0.25, -0.2) is 4.98 Å². The number of hydrogen-bond donors (Lipinski definition) is 1. The summed E-state index contributed by atoms with van der Waals surface area (Å²) in [5.41, 5.74) is 4.24. The minimum atomic E-state index is 0.701. The van der Waals surface area contributed by atoms with Crippen molar-refractivity contribution in [2.75, 3.05) is 5.32 Å². The van der Waals surface area contributed by atoms with Crippen molar-refractivity contribution >= 4 is 33.0 Å². The standard InChI is InChI=1S/C16H14BrN3S/c1-11-20-16(10-21-11)12-3-2-4-14(7-12)19-9-15-6-5-13(17)8-18-15/h2-8,10,19H,9H2,1H3. The minimum absolute atomic E-state index is 0.701. The van der Waals surface area contributed by atoms with E-state index in [1.165, 1.54) is 0 Å². The summed E-state index contributed by atoms with van der Waals surface area (Å²) < 4.78 is 0.993. The lowest BCUT2D eigenvalue weighted by atomic mass is 10.1. The number of nitrogens with zero attached hydrogens (tertiary/aromatic N) is 2. The number of halogens is 1. The Balaban J connectivity index is 1.73. The molecule has 1 aromatic carbocycles. The molecule has 0 radical (unpaired) electrons. The highest BCUT2D eigenvalue weighted by Crippen LogP contribution is 2.24. The number of hydrogen-bond acceptors (Lipinski definition) is 4. The molecule has 0 saturated heterocycles. The smallest absolute Gasteiger partial charge is 0.0901 e. The van der Waals surface area contributed by atoms with Crippen LogP contribution in [0.3, 0.4) is 0 Å². The second-order valence-electron chi connectivity index (χ2n) is 4.65. The Morgan fingerprint density at radius 3 is 2.86 bits per heavy atom. The first kappa shape index (κ1) is 14.2. The monoisotopic (exact) mass is 359 g/mol. The van der Waals surface area contributed by atoms with E-state index in [9.17, 15) is 0 Å². The van der Waals surface area contributed by atoms with Gasteiger partial charge in [-0.3, -0.25) is 4.98 Å². The first-order valence-electron chi connectivity index (χ1n) is 6.57. The predicted octanol–water partition coefficient (Wildman–Crippen LogP) is 4.89. The van der Waals surface area contributed by atoms with Crippen molar-refractivity contribution in [2.24, 2.45) is 0 Å². The quantitative estimate of drug-likeness (QED) is 0.720. The number of benzene rings is 1. The van der Waals surface area contributed by atoms with Crippen LogP contribution in [-0.4, -0.2) is 9.97 Å². The molecular weight excluding hydrogens is 346 g/mol. The summed E-state index contributed by atoms with van der Waals surface area (Å²) in [7, 11) is 0. The van der Waals surface area contributed by atoms with Crippen LogP contribution in [0.2, 0.25) is 0 Å². The number of aromatic nitrogens is 2. The van der Waals surface area contributed by atoms with Crippen LogP contribution in [0.25, 0.3) is 11.3 Å². The second-order valence-corrected chi connectivity index (χ2v) is 6.63. The fourth-order valence-corrected chi connectivity index (χ4v) is 2.84. The van der Waals surface area contributed by atoms with E-state index >= 15 is 0 Å². The zero-order valence-corrected chi connectivity index (χ0v) is 13.9. The van der Waals surface area contributed by atoms with Crippen LogP contribution in [0.5, 0.6) is 0 Å². The molecule has 3 nitrogen and oxygen atoms in total. The lowest BCUT2D eigenvalue weighted by Crippen LogP contribution is -2.01. The van der Waals surface area contributed by atoms with Crippen molar-refractivity contribution in [1.29, 1.82) is 0 Å². The zero-order chi connectivity index (χ0) is 14.7. The maximum Gasteiger partial charge on any atom is 0.0901 e. The van der Waals surface area contributed by atoms with E-state index in [1.54, 1.807) is 11.3 Å². The van der Waals surface area contributed by atoms with Crippen LogP contribution in [0.4, 0.5) is 5.69 Å². The average Bonchev–Trinajstić information content (AvgIpc) is 2.94.